The lowest BCUT2D eigenvalue weighted by Crippen LogP contribution is -2.15. The van der Waals surface area contributed by atoms with Gasteiger partial charge in [-0.2, -0.15) is 5.10 Å². The van der Waals surface area contributed by atoms with E-state index < -0.39 is 22.6 Å². The predicted octanol–water partition coefficient (Wildman–Crippen LogP) is 4.37. The Hall–Kier alpha value is -4.57. The quantitative estimate of drug-likeness (QED) is 0.167. The van der Waals surface area contributed by atoms with Crippen LogP contribution in [0.1, 0.15) is 36.8 Å². The zero-order chi connectivity index (χ0) is 25.3. The summed E-state index contributed by atoms with van der Waals surface area (Å²) in [6.45, 7) is 0. The number of nitro benzene ring substituents is 1. The Kier molecular flexibility index (Phi) is 6.30. The minimum Gasteiger partial charge on any atom is -0.465 e. The number of nitro groups is 1. The first-order valence-corrected chi connectivity index (χ1v) is 10.4. The number of hydrogen-bond donors (Lipinski definition) is 0. The van der Waals surface area contributed by atoms with Crippen molar-refractivity contribution >= 4 is 40.5 Å². The van der Waals surface area contributed by atoms with Gasteiger partial charge in [0.15, 0.2) is 0 Å². The van der Waals surface area contributed by atoms with Crippen molar-refractivity contribution in [1.29, 1.82) is 0 Å². The number of ketones is 1. The molecular formula is C24H16ClN3O7. The van der Waals surface area contributed by atoms with E-state index in [0.717, 1.165) is 26.4 Å². The summed E-state index contributed by atoms with van der Waals surface area (Å²) >= 11 is 5.97. The van der Waals surface area contributed by atoms with E-state index in [1.807, 2.05) is 0 Å². The number of methoxy groups -OCH3 is 2. The smallest absolute Gasteiger partial charge is 0.341 e. The molecule has 0 amide bonds. The molecule has 4 rings (SSSR count). The van der Waals surface area contributed by atoms with E-state index in [0.29, 0.717) is 16.3 Å². The number of aromatic nitrogens is 2. The molecule has 35 heavy (non-hydrogen) atoms. The molecule has 0 spiro atoms. The summed E-state index contributed by atoms with van der Waals surface area (Å²) in [7, 11) is 2.25. The second kappa shape index (κ2) is 9.35. The molecule has 176 valence electrons. The van der Waals surface area contributed by atoms with Crippen LogP contribution in [0.15, 0.2) is 60.7 Å². The van der Waals surface area contributed by atoms with Gasteiger partial charge in [-0.1, -0.05) is 23.7 Å². The molecule has 11 heteroatoms. The van der Waals surface area contributed by atoms with Crippen LogP contribution in [-0.2, 0) is 9.47 Å². The van der Waals surface area contributed by atoms with E-state index in [1.54, 1.807) is 30.3 Å². The highest BCUT2D eigenvalue weighted by Crippen LogP contribution is 2.30. The number of carbonyl (C=O) groups is 3. The Morgan fingerprint density at radius 2 is 1.49 bits per heavy atom. The predicted molar refractivity (Wildman–Crippen MR) is 125 cm³/mol. The van der Waals surface area contributed by atoms with Crippen LogP contribution in [0, 0.1) is 10.1 Å². The van der Waals surface area contributed by atoms with Crippen molar-refractivity contribution in [2.75, 3.05) is 14.2 Å². The van der Waals surface area contributed by atoms with Crippen LogP contribution in [0.4, 0.5) is 5.69 Å². The molecule has 0 atom stereocenters. The highest BCUT2D eigenvalue weighted by atomic mass is 35.5. The molecule has 2 aromatic carbocycles. The second-order valence-corrected chi connectivity index (χ2v) is 7.67. The summed E-state index contributed by atoms with van der Waals surface area (Å²) in [4.78, 5) is 49.5. The van der Waals surface area contributed by atoms with Crippen molar-refractivity contribution in [3.63, 3.8) is 0 Å². The largest absolute Gasteiger partial charge is 0.465 e. The van der Waals surface area contributed by atoms with Crippen molar-refractivity contribution in [3.8, 4) is 11.3 Å². The average molecular weight is 494 g/mol. The Morgan fingerprint density at radius 3 is 2.06 bits per heavy atom. The first kappa shape index (κ1) is 23.6. The van der Waals surface area contributed by atoms with E-state index in [4.69, 9.17) is 21.1 Å². The van der Waals surface area contributed by atoms with Gasteiger partial charge in [0.1, 0.15) is 16.8 Å². The number of fused-ring (bicyclic) bond motifs is 1. The first-order chi connectivity index (χ1) is 16.8. The standard InChI is InChI=1S/C24H16ClN3O7/c1-34-23(30)19-18-12-11-17(13-3-7-15(25)8-4-13)26-27(18)21(20(19)24(31)35-2)22(29)14-5-9-16(10-6-14)28(32)33/h3-12H,1-2H3. The van der Waals surface area contributed by atoms with Crippen LogP contribution in [0.2, 0.25) is 5.02 Å². The molecule has 0 aliphatic carbocycles. The number of benzene rings is 2. The van der Waals surface area contributed by atoms with Crippen molar-refractivity contribution in [3.05, 3.63) is 98.2 Å². The molecule has 2 heterocycles. The minimum absolute atomic E-state index is 0.0373. The van der Waals surface area contributed by atoms with E-state index in [1.165, 1.54) is 22.7 Å². The maximum absolute atomic E-state index is 13.6. The van der Waals surface area contributed by atoms with Gasteiger partial charge in [0, 0.05) is 28.3 Å². The average Bonchev–Trinajstić information content (AvgIpc) is 3.22. The number of esters is 2. The molecule has 0 saturated heterocycles. The lowest BCUT2D eigenvalue weighted by atomic mass is 10.0. The summed E-state index contributed by atoms with van der Waals surface area (Å²) in [6, 6.07) is 14.8. The van der Waals surface area contributed by atoms with Crippen LogP contribution in [0.5, 0.6) is 0 Å². The number of carbonyl (C=O) groups excluding carboxylic acids is 3. The topological polar surface area (TPSA) is 130 Å². The number of non-ortho nitro benzene ring substituents is 1. The number of rotatable bonds is 6. The molecule has 0 unspecified atom stereocenters. The zero-order valence-corrected chi connectivity index (χ0v) is 19.1. The fourth-order valence-electron chi connectivity index (χ4n) is 3.60. The van der Waals surface area contributed by atoms with Crippen LogP contribution in [-0.4, -0.2) is 46.5 Å². The van der Waals surface area contributed by atoms with Crippen molar-refractivity contribution in [2.24, 2.45) is 0 Å². The Morgan fingerprint density at radius 1 is 0.886 bits per heavy atom. The van der Waals surface area contributed by atoms with E-state index in [2.05, 4.69) is 5.10 Å². The van der Waals surface area contributed by atoms with Crippen LogP contribution in [0.25, 0.3) is 16.8 Å². The summed E-state index contributed by atoms with van der Waals surface area (Å²) in [5, 5.41) is 16.0. The third-order valence-corrected chi connectivity index (χ3v) is 5.52. The Bertz CT molecular complexity index is 1490. The summed E-state index contributed by atoms with van der Waals surface area (Å²) in [5.74, 6) is -2.52. The van der Waals surface area contributed by atoms with Gasteiger partial charge in [0.25, 0.3) is 5.69 Å². The molecule has 2 aromatic heterocycles. The van der Waals surface area contributed by atoms with Gasteiger partial charge in [-0.05, 0) is 36.4 Å². The van der Waals surface area contributed by atoms with Crippen LogP contribution >= 0.6 is 11.6 Å². The Balaban J connectivity index is 2.02. The maximum Gasteiger partial charge on any atom is 0.341 e. The number of nitrogens with zero attached hydrogens (tertiary/aromatic N) is 3. The molecule has 0 aliphatic heterocycles. The fraction of sp³-hybridized carbons (Fsp3) is 0.0833. The van der Waals surface area contributed by atoms with Gasteiger partial charge < -0.3 is 9.47 Å². The molecule has 0 saturated carbocycles. The first-order valence-electron chi connectivity index (χ1n) is 10.0. The van der Waals surface area contributed by atoms with Gasteiger partial charge in [-0.15, -0.1) is 0 Å². The van der Waals surface area contributed by atoms with Gasteiger partial charge in [-0.25, -0.2) is 14.1 Å². The summed E-state index contributed by atoms with van der Waals surface area (Å²) in [6.07, 6.45) is 0. The van der Waals surface area contributed by atoms with E-state index in [9.17, 15) is 24.5 Å². The van der Waals surface area contributed by atoms with Gasteiger partial charge >= 0.3 is 11.9 Å². The number of ether oxygens (including phenoxy) is 2. The fourth-order valence-corrected chi connectivity index (χ4v) is 3.73. The van der Waals surface area contributed by atoms with Gasteiger partial charge in [0.2, 0.25) is 5.78 Å². The van der Waals surface area contributed by atoms with Crippen LogP contribution in [0.3, 0.4) is 0 Å². The van der Waals surface area contributed by atoms with Crippen molar-refractivity contribution in [1.82, 2.24) is 9.61 Å². The Labute approximate surface area is 202 Å². The van der Waals surface area contributed by atoms with E-state index in [-0.39, 0.29) is 33.6 Å². The highest BCUT2D eigenvalue weighted by molar-refractivity contribution is 6.30. The van der Waals surface area contributed by atoms with E-state index >= 15 is 0 Å². The molecule has 10 nitrogen and oxygen atoms in total. The molecular weight excluding hydrogens is 478 g/mol. The molecule has 0 fully saturated rings. The molecule has 0 aliphatic rings. The monoisotopic (exact) mass is 493 g/mol. The third-order valence-electron chi connectivity index (χ3n) is 5.26. The van der Waals surface area contributed by atoms with Crippen molar-refractivity contribution < 1.29 is 28.8 Å². The van der Waals surface area contributed by atoms with Gasteiger partial charge in [-0.3, -0.25) is 14.9 Å². The summed E-state index contributed by atoms with van der Waals surface area (Å²) < 4.78 is 10.9. The minimum atomic E-state index is -0.950. The normalized spacial score (nSPS) is 10.7. The zero-order valence-electron chi connectivity index (χ0n) is 18.4. The van der Waals surface area contributed by atoms with Gasteiger partial charge in [0.05, 0.1) is 30.4 Å². The number of halogens is 1. The lowest BCUT2D eigenvalue weighted by Gasteiger charge is -2.07. The number of hydrogen-bond acceptors (Lipinski definition) is 8. The third kappa shape index (κ3) is 4.22. The lowest BCUT2D eigenvalue weighted by molar-refractivity contribution is -0.384. The molecule has 0 bridgehead atoms. The summed E-state index contributed by atoms with van der Waals surface area (Å²) in [5.41, 5.74) is 0.275. The second-order valence-electron chi connectivity index (χ2n) is 7.24. The maximum atomic E-state index is 13.6. The SMILES string of the molecule is COC(=O)c1c(C(=O)OC)c2ccc(-c3ccc(Cl)cc3)nn2c1C(=O)c1ccc([N+](=O)[O-])cc1. The molecule has 0 radical (unpaired) electrons. The highest BCUT2D eigenvalue weighted by Gasteiger charge is 2.34. The molecule has 4 aromatic rings. The van der Waals surface area contributed by atoms with Crippen molar-refractivity contribution in [2.45, 2.75) is 0 Å². The molecule has 0 N–H and O–H groups in total. The van der Waals surface area contributed by atoms with Crippen LogP contribution < -0.4 is 0 Å².